The molecule has 0 amide bonds. The molecule has 0 radical (unpaired) electrons. The van der Waals surface area contributed by atoms with Crippen molar-refractivity contribution >= 4 is 16.6 Å². The lowest BCUT2D eigenvalue weighted by Crippen LogP contribution is -2.50. The molecule has 0 aromatic carbocycles. The van der Waals surface area contributed by atoms with Gasteiger partial charge in [0.2, 0.25) is 0 Å². The minimum atomic E-state index is -2.13. The first-order valence-electron chi connectivity index (χ1n) is 14.6. The highest BCUT2D eigenvalue weighted by Gasteiger charge is 2.63. The summed E-state index contributed by atoms with van der Waals surface area (Å²) in [5.74, 6) is 2.14. The number of nitriles is 1. The van der Waals surface area contributed by atoms with Gasteiger partial charge in [0.25, 0.3) is 16.6 Å². The summed E-state index contributed by atoms with van der Waals surface area (Å²) in [5.41, 5.74) is 3.75. The SMILES string of the molecule is CC(C)[Si](OC1=CC2=C(O[Si](C(C)C)(C(C)C)C(C)C)C=C[C@]23CC[C@]3(C#N)CC1)(C(C)C)C(C)C. The van der Waals surface area contributed by atoms with Crippen LogP contribution in [0.3, 0.4) is 0 Å². The van der Waals surface area contributed by atoms with Gasteiger partial charge in [0.1, 0.15) is 5.76 Å². The maximum Gasteiger partial charge on any atom is 0.258 e. The Morgan fingerprint density at radius 1 is 0.722 bits per heavy atom. The van der Waals surface area contributed by atoms with Crippen molar-refractivity contribution in [1.82, 2.24) is 0 Å². The molecule has 0 bridgehead atoms. The van der Waals surface area contributed by atoms with Gasteiger partial charge in [-0.15, -0.1) is 0 Å². The molecule has 202 valence electrons. The Bertz CT molecular complexity index is 922. The predicted molar refractivity (Wildman–Crippen MR) is 157 cm³/mol. The molecule has 0 saturated heterocycles. The van der Waals surface area contributed by atoms with Gasteiger partial charge in [-0.1, -0.05) is 89.2 Å². The predicted octanol–water partition coefficient (Wildman–Crippen LogP) is 10.2. The minimum absolute atomic E-state index is 0.217. The van der Waals surface area contributed by atoms with Gasteiger partial charge in [-0.2, -0.15) is 5.26 Å². The summed E-state index contributed by atoms with van der Waals surface area (Å²) in [7, 11) is -4.22. The molecule has 0 unspecified atom stereocenters. The first kappa shape index (κ1) is 29.3. The van der Waals surface area contributed by atoms with Crippen LogP contribution in [0.25, 0.3) is 0 Å². The van der Waals surface area contributed by atoms with Crippen molar-refractivity contribution in [1.29, 1.82) is 5.26 Å². The summed E-state index contributed by atoms with van der Waals surface area (Å²) >= 11 is 0. The third-order valence-electron chi connectivity index (χ3n) is 10.4. The van der Waals surface area contributed by atoms with E-state index in [1.165, 1.54) is 5.57 Å². The lowest BCUT2D eigenvalue weighted by Gasteiger charge is -2.53. The van der Waals surface area contributed by atoms with Gasteiger partial charge in [-0.3, -0.25) is 0 Å². The molecule has 0 N–H and O–H groups in total. The fourth-order valence-corrected chi connectivity index (χ4v) is 19.2. The lowest BCUT2D eigenvalue weighted by molar-refractivity contribution is 0.0455. The highest BCUT2D eigenvalue weighted by Crippen LogP contribution is 2.68. The Hall–Kier alpha value is -1.26. The topological polar surface area (TPSA) is 42.2 Å². The van der Waals surface area contributed by atoms with Crippen molar-refractivity contribution in [3.05, 3.63) is 35.3 Å². The summed E-state index contributed by atoms with van der Waals surface area (Å²) in [6.45, 7) is 28.2. The summed E-state index contributed by atoms with van der Waals surface area (Å²) in [4.78, 5) is 0. The zero-order valence-corrected chi connectivity index (χ0v) is 27.3. The molecule has 36 heavy (non-hydrogen) atoms. The van der Waals surface area contributed by atoms with E-state index in [-0.39, 0.29) is 10.8 Å². The highest BCUT2D eigenvalue weighted by atomic mass is 28.4. The van der Waals surface area contributed by atoms with Gasteiger partial charge in [-0.05, 0) is 64.7 Å². The van der Waals surface area contributed by atoms with Gasteiger partial charge in [0, 0.05) is 17.4 Å². The number of nitrogens with zero attached hydrogens (tertiary/aromatic N) is 1. The Labute approximate surface area is 224 Å². The third kappa shape index (κ3) is 4.10. The average Bonchev–Trinajstić information content (AvgIpc) is 3.09. The van der Waals surface area contributed by atoms with Crippen LogP contribution in [0.4, 0.5) is 0 Å². The molecule has 3 rings (SSSR count). The van der Waals surface area contributed by atoms with Crippen LogP contribution in [0.15, 0.2) is 35.3 Å². The standard InChI is InChI=1S/C31H53NO2Si2/c1-21(2)35(22(3)4,23(5)6)33-27-13-15-30(20-32)17-18-31(30)16-14-29(28(31)19-27)34-36(24(7)8,25(9)10)26(11)12/h14,16,19,21-26H,13,15,17-18H2,1-12H3/t30-,31-/m0/s1. The van der Waals surface area contributed by atoms with Crippen molar-refractivity contribution in [2.75, 3.05) is 0 Å². The fraction of sp³-hybridized carbons (Fsp3) is 0.774. The second kappa shape index (κ2) is 10.1. The van der Waals surface area contributed by atoms with Crippen molar-refractivity contribution in [2.45, 2.75) is 142 Å². The molecule has 2 atom stereocenters. The van der Waals surface area contributed by atoms with Crippen LogP contribution >= 0.6 is 0 Å². The molecule has 5 heteroatoms. The van der Waals surface area contributed by atoms with Gasteiger partial charge in [0.05, 0.1) is 17.2 Å². The van der Waals surface area contributed by atoms with E-state index in [4.69, 9.17) is 8.85 Å². The molecule has 3 aliphatic rings. The maximum absolute atomic E-state index is 10.5. The zero-order chi connectivity index (χ0) is 27.3. The lowest BCUT2D eigenvalue weighted by atomic mass is 9.47. The number of hydrogen-bond acceptors (Lipinski definition) is 3. The van der Waals surface area contributed by atoms with Gasteiger partial charge < -0.3 is 8.85 Å². The van der Waals surface area contributed by atoms with Gasteiger partial charge in [-0.25, -0.2) is 0 Å². The van der Waals surface area contributed by atoms with Crippen molar-refractivity contribution in [2.24, 2.45) is 10.8 Å². The quantitative estimate of drug-likeness (QED) is 0.265. The van der Waals surface area contributed by atoms with Crippen LogP contribution in [0.1, 0.15) is 109 Å². The van der Waals surface area contributed by atoms with Crippen LogP contribution in [-0.2, 0) is 8.85 Å². The van der Waals surface area contributed by atoms with Crippen LogP contribution in [0, 0.1) is 22.2 Å². The largest absolute Gasteiger partial charge is 0.546 e. The molecule has 0 aromatic heterocycles. The Kier molecular flexibility index (Phi) is 8.25. The molecule has 0 heterocycles. The van der Waals surface area contributed by atoms with Crippen molar-refractivity contribution < 1.29 is 8.85 Å². The second-order valence-electron chi connectivity index (χ2n) is 13.7. The molecule has 0 aromatic rings. The maximum atomic E-state index is 10.5. The minimum Gasteiger partial charge on any atom is -0.546 e. The molecular weight excluding hydrogens is 475 g/mol. The van der Waals surface area contributed by atoms with E-state index < -0.39 is 16.6 Å². The monoisotopic (exact) mass is 527 g/mol. The molecule has 1 spiro atoms. The summed E-state index contributed by atoms with van der Waals surface area (Å²) in [5, 5.41) is 10.5. The molecule has 0 aliphatic heterocycles. The first-order chi connectivity index (χ1) is 16.7. The van der Waals surface area contributed by atoms with E-state index in [0.717, 1.165) is 37.2 Å². The molecule has 3 aliphatic carbocycles. The number of hydrogen-bond donors (Lipinski definition) is 0. The van der Waals surface area contributed by atoms with E-state index >= 15 is 0 Å². The van der Waals surface area contributed by atoms with E-state index in [1.54, 1.807) is 0 Å². The Balaban J connectivity index is 2.19. The normalized spacial score (nSPS) is 26.4. The number of allylic oxidation sites excluding steroid dienone is 5. The average molecular weight is 528 g/mol. The number of rotatable bonds is 10. The molecule has 3 nitrogen and oxygen atoms in total. The highest BCUT2D eigenvalue weighted by molar-refractivity contribution is 6.78. The fourth-order valence-electron chi connectivity index (χ4n) is 8.57. The van der Waals surface area contributed by atoms with Crippen LogP contribution < -0.4 is 0 Å². The summed E-state index contributed by atoms with van der Waals surface area (Å²) < 4.78 is 14.6. The third-order valence-corrected chi connectivity index (χ3v) is 22.4. The molecule has 1 fully saturated rings. The summed E-state index contributed by atoms with van der Waals surface area (Å²) in [6.07, 6.45) is 10.6. The van der Waals surface area contributed by atoms with Crippen molar-refractivity contribution in [3.8, 4) is 6.07 Å². The zero-order valence-electron chi connectivity index (χ0n) is 25.3. The summed E-state index contributed by atoms with van der Waals surface area (Å²) in [6, 6.07) is 2.82. The van der Waals surface area contributed by atoms with E-state index in [1.807, 2.05) is 0 Å². The molecule has 1 saturated carbocycles. The van der Waals surface area contributed by atoms with Gasteiger partial charge >= 0.3 is 0 Å². The van der Waals surface area contributed by atoms with Crippen molar-refractivity contribution in [3.63, 3.8) is 0 Å². The molecular formula is C31H53NO2Si2. The van der Waals surface area contributed by atoms with Crippen LogP contribution in [-0.4, -0.2) is 16.6 Å². The van der Waals surface area contributed by atoms with E-state index in [2.05, 4.69) is 107 Å². The van der Waals surface area contributed by atoms with E-state index in [9.17, 15) is 5.26 Å². The van der Waals surface area contributed by atoms with E-state index in [0.29, 0.717) is 33.2 Å². The Morgan fingerprint density at radius 3 is 1.58 bits per heavy atom. The smallest absolute Gasteiger partial charge is 0.258 e. The van der Waals surface area contributed by atoms with Gasteiger partial charge in [0.15, 0.2) is 0 Å². The Morgan fingerprint density at radius 2 is 1.19 bits per heavy atom. The van der Waals surface area contributed by atoms with Crippen LogP contribution in [0.5, 0.6) is 0 Å². The van der Waals surface area contributed by atoms with Crippen LogP contribution in [0.2, 0.25) is 33.2 Å². The first-order valence-corrected chi connectivity index (χ1v) is 18.9. The second-order valence-corrected chi connectivity index (χ2v) is 24.5.